The SMILES string of the molecule is CCCCCCCC/C=C/CCCCCCCOC(=O)c1ccc(S(=O)(=O)[O-])cc1C(=O)OCCCCCCC/C=C/CCCCCCCC.CCCCCCCC/C=C/CCCCCCCOC(=O)c1ccc(S(=O)(=O)[O-])cc1C(=O)OCCCCCCC/C=C/CCCCCCCC.[Ca+2]. The van der Waals surface area contributed by atoms with Crippen molar-refractivity contribution < 1.29 is 64.1 Å². The predicted molar refractivity (Wildman–Crippen MR) is 415 cm³/mol. The van der Waals surface area contributed by atoms with Gasteiger partial charge in [0, 0.05) is 0 Å². The van der Waals surface area contributed by atoms with Gasteiger partial charge in [0.05, 0.1) is 58.5 Å². The first-order chi connectivity index (χ1) is 48.6. The van der Waals surface area contributed by atoms with Gasteiger partial charge in [-0.1, -0.05) is 282 Å². The normalized spacial score (nSPS) is 11.8. The van der Waals surface area contributed by atoms with Crippen LogP contribution in [0.2, 0.25) is 0 Å². The van der Waals surface area contributed by atoms with Crippen LogP contribution in [0, 0.1) is 0 Å². The molecule has 0 atom stereocenters. The van der Waals surface area contributed by atoms with E-state index in [0.717, 1.165) is 165 Å². The third-order valence-corrected chi connectivity index (χ3v) is 19.7. The first kappa shape index (κ1) is 97.4. The molecule has 0 saturated carbocycles. The average Bonchev–Trinajstić information content (AvgIpc) is 0.819. The molecule has 2 aromatic rings. The molecule has 0 fully saturated rings. The van der Waals surface area contributed by atoms with E-state index in [0.29, 0.717) is 25.7 Å². The Kier molecular flexibility index (Phi) is 66.9. The third-order valence-electron chi connectivity index (χ3n) is 18.0. The minimum absolute atomic E-state index is 0. The van der Waals surface area contributed by atoms with Gasteiger partial charge in [-0.3, -0.25) is 0 Å². The maximum atomic E-state index is 12.9. The fourth-order valence-corrected chi connectivity index (χ4v) is 12.7. The van der Waals surface area contributed by atoms with E-state index in [-0.39, 0.29) is 86.4 Å². The van der Waals surface area contributed by atoms with Crippen LogP contribution in [0.3, 0.4) is 0 Å². The summed E-state index contributed by atoms with van der Waals surface area (Å²) in [5.74, 6) is -3.13. The van der Waals surface area contributed by atoms with E-state index in [9.17, 15) is 45.1 Å². The molecular weight excluding hydrogens is 1340 g/mol. The number of hydrogen-bond acceptors (Lipinski definition) is 14. The maximum Gasteiger partial charge on any atom is 2.00 e. The molecule has 0 radical (unpaired) electrons. The molecule has 572 valence electrons. The van der Waals surface area contributed by atoms with E-state index in [1.165, 1.54) is 180 Å². The number of hydrogen-bond donors (Lipinski definition) is 0. The van der Waals surface area contributed by atoms with Crippen LogP contribution in [0.15, 0.2) is 94.8 Å². The van der Waals surface area contributed by atoms with Crippen molar-refractivity contribution in [1.29, 1.82) is 0 Å². The van der Waals surface area contributed by atoms with E-state index in [1.807, 2.05) is 0 Å². The molecule has 17 heteroatoms. The molecule has 14 nitrogen and oxygen atoms in total. The van der Waals surface area contributed by atoms with Crippen LogP contribution in [-0.2, 0) is 39.2 Å². The number of ether oxygens (including phenoxy) is 4. The Morgan fingerprint density at radius 3 is 0.624 bits per heavy atom. The Bertz CT molecular complexity index is 2540. The summed E-state index contributed by atoms with van der Waals surface area (Å²) < 4.78 is 91.2. The summed E-state index contributed by atoms with van der Waals surface area (Å²) in [5.41, 5.74) is -0.715. The molecule has 0 N–H and O–H groups in total. The molecular formula is C84H138CaO14S2. The quantitative estimate of drug-likeness (QED) is 0.0150. The zero-order valence-electron chi connectivity index (χ0n) is 63.9. The number of carbonyl (C=O) groups excluding carboxylic acids is 4. The number of benzene rings is 2. The number of rotatable bonds is 66. The van der Waals surface area contributed by atoms with Crippen molar-refractivity contribution in [3.8, 4) is 0 Å². The Hall–Kier alpha value is -3.64. The first-order valence-electron chi connectivity index (χ1n) is 40.1. The summed E-state index contributed by atoms with van der Waals surface area (Å²) in [5, 5.41) is 0. The molecule has 0 bridgehead atoms. The number of unbranched alkanes of at least 4 members (excludes halogenated alkanes) is 44. The molecule has 101 heavy (non-hydrogen) atoms. The van der Waals surface area contributed by atoms with Crippen molar-refractivity contribution >= 4 is 81.9 Å². The minimum Gasteiger partial charge on any atom is -0.744 e. The van der Waals surface area contributed by atoms with E-state index >= 15 is 0 Å². The summed E-state index contributed by atoms with van der Waals surface area (Å²) in [6.07, 6.45) is 78.6. The summed E-state index contributed by atoms with van der Waals surface area (Å²) in [6, 6.07) is 6.22. The van der Waals surface area contributed by atoms with Crippen molar-refractivity contribution in [2.45, 2.75) is 371 Å². The van der Waals surface area contributed by atoms with Gasteiger partial charge in [-0.2, -0.15) is 0 Å². The Morgan fingerprint density at radius 1 is 0.267 bits per heavy atom. The molecule has 0 amide bonds. The molecule has 0 aromatic heterocycles. The molecule has 0 unspecified atom stereocenters. The second-order valence-electron chi connectivity index (χ2n) is 27.2. The van der Waals surface area contributed by atoms with Crippen molar-refractivity contribution in [2.24, 2.45) is 0 Å². The molecule has 2 aromatic carbocycles. The van der Waals surface area contributed by atoms with Gasteiger partial charge in [0.15, 0.2) is 0 Å². The fraction of sp³-hybridized carbons (Fsp3) is 0.714. The zero-order valence-corrected chi connectivity index (χ0v) is 67.8. The molecule has 0 aliphatic carbocycles. The Labute approximate surface area is 645 Å². The number of allylic oxidation sites excluding steroid dienone is 8. The van der Waals surface area contributed by atoms with E-state index in [1.54, 1.807) is 0 Å². The van der Waals surface area contributed by atoms with E-state index in [4.69, 9.17) is 18.9 Å². The van der Waals surface area contributed by atoms with Crippen LogP contribution in [0.1, 0.15) is 403 Å². The summed E-state index contributed by atoms with van der Waals surface area (Å²) in [4.78, 5) is 50.3. The van der Waals surface area contributed by atoms with Crippen LogP contribution in [-0.4, -0.2) is 114 Å². The van der Waals surface area contributed by atoms with Crippen LogP contribution in [0.25, 0.3) is 0 Å². The summed E-state index contributed by atoms with van der Waals surface area (Å²) in [6.45, 7) is 9.65. The van der Waals surface area contributed by atoms with Crippen LogP contribution < -0.4 is 0 Å². The van der Waals surface area contributed by atoms with Crippen molar-refractivity contribution in [1.82, 2.24) is 0 Å². The topological polar surface area (TPSA) is 220 Å². The van der Waals surface area contributed by atoms with Crippen molar-refractivity contribution in [3.63, 3.8) is 0 Å². The van der Waals surface area contributed by atoms with Crippen molar-refractivity contribution in [3.05, 3.63) is 107 Å². The van der Waals surface area contributed by atoms with Gasteiger partial charge in [0.25, 0.3) is 0 Å². The first-order valence-corrected chi connectivity index (χ1v) is 42.9. The smallest absolute Gasteiger partial charge is 0.744 e. The molecule has 0 spiro atoms. The second-order valence-corrected chi connectivity index (χ2v) is 30.0. The molecule has 0 aliphatic rings. The van der Waals surface area contributed by atoms with Gasteiger partial charge in [0.2, 0.25) is 0 Å². The Morgan fingerprint density at radius 2 is 0.436 bits per heavy atom. The number of carbonyl (C=O) groups is 4. The molecule has 0 aliphatic heterocycles. The standard InChI is InChI=1S/2C42H70O7S.Ca/c2*1-3-5-7-9-11-13-15-17-19-21-23-25-27-29-31-35-48-41(43)39-34-33-38(50(45,46)47)37-40(39)42(44)49-36-32-30-28-26-24-22-20-18-16-14-12-10-8-6-4-2;/h2*17-20,33-34,37H,3-16,21-32,35-36H2,1-2H3,(H,45,46,47);/q;;+2/p-2/b2*19-17+,20-18+;. The summed E-state index contributed by atoms with van der Waals surface area (Å²) >= 11 is 0. The molecule has 0 heterocycles. The second kappa shape index (κ2) is 69.4. The summed E-state index contributed by atoms with van der Waals surface area (Å²) in [7, 11) is -9.63. The minimum atomic E-state index is -4.82. The van der Waals surface area contributed by atoms with Gasteiger partial charge >= 0.3 is 61.6 Å². The largest absolute Gasteiger partial charge is 2.00 e. The van der Waals surface area contributed by atoms with Crippen LogP contribution in [0.4, 0.5) is 0 Å². The van der Waals surface area contributed by atoms with Gasteiger partial charge < -0.3 is 28.1 Å². The molecule has 2 rings (SSSR count). The Balaban J connectivity index is 0.00000196. The van der Waals surface area contributed by atoms with Gasteiger partial charge in [-0.25, -0.2) is 36.0 Å². The fourth-order valence-electron chi connectivity index (χ4n) is 11.7. The predicted octanol–water partition coefficient (Wildman–Crippen LogP) is 24.0. The van der Waals surface area contributed by atoms with Gasteiger partial charge in [0.1, 0.15) is 20.2 Å². The zero-order chi connectivity index (χ0) is 73.1. The van der Waals surface area contributed by atoms with E-state index in [2.05, 4.69) is 76.3 Å². The number of esters is 4. The molecule has 0 saturated heterocycles. The van der Waals surface area contributed by atoms with Crippen LogP contribution >= 0.6 is 0 Å². The average molecular weight is 1480 g/mol. The van der Waals surface area contributed by atoms with Crippen molar-refractivity contribution in [2.75, 3.05) is 26.4 Å². The van der Waals surface area contributed by atoms with Gasteiger partial charge in [-0.15, -0.1) is 0 Å². The van der Waals surface area contributed by atoms with Crippen LogP contribution in [0.5, 0.6) is 0 Å². The monoisotopic (exact) mass is 1470 g/mol. The maximum absolute atomic E-state index is 12.9. The van der Waals surface area contributed by atoms with Gasteiger partial charge in [-0.05, 0) is 165 Å². The third kappa shape index (κ3) is 57.3. The van der Waals surface area contributed by atoms with E-state index < -0.39 is 53.9 Å².